The first-order valence-corrected chi connectivity index (χ1v) is 8.84. The zero-order chi connectivity index (χ0) is 20.1. The van der Waals surface area contributed by atoms with Gasteiger partial charge in [-0.3, -0.25) is 20.0 Å². The van der Waals surface area contributed by atoms with Gasteiger partial charge >= 0.3 is 6.03 Å². The molecule has 0 spiro atoms. The number of nitrogens with one attached hydrogen (secondary N) is 1. The zero-order valence-electron chi connectivity index (χ0n) is 15.3. The van der Waals surface area contributed by atoms with E-state index in [-0.39, 0.29) is 17.3 Å². The molecule has 0 radical (unpaired) electrons. The zero-order valence-corrected chi connectivity index (χ0v) is 16.1. The Balaban J connectivity index is 1.82. The molecule has 1 aromatic carbocycles. The van der Waals surface area contributed by atoms with Crippen LogP contribution in [0.2, 0.25) is 5.15 Å². The van der Waals surface area contributed by atoms with E-state index in [0.29, 0.717) is 17.1 Å². The van der Waals surface area contributed by atoms with Crippen molar-refractivity contribution in [2.45, 2.75) is 6.92 Å². The Morgan fingerprint density at radius 1 is 1.25 bits per heavy atom. The fourth-order valence-corrected chi connectivity index (χ4v) is 2.87. The number of methoxy groups -OCH3 is 1. The van der Waals surface area contributed by atoms with Crippen molar-refractivity contribution in [3.8, 4) is 11.4 Å². The van der Waals surface area contributed by atoms with Crippen LogP contribution in [0.25, 0.3) is 5.69 Å². The smallest absolute Gasteiger partial charge is 0.328 e. The van der Waals surface area contributed by atoms with Crippen molar-refractivity contribution in [3.05, 3.63) is 65.7 Å². The van der Waals surface area contributed by atoms with Crippen LogP contribution in [-0.2, 0) is 0 Å². The number of ether oxygens (including phenoxy) is 1. The number of carbonyl (C=O) groups excluding carboxylic acids is 2. The number of nitrogens with zero attached hydrogens (tertiary/aromatic N) is 4. The van der Waals surface area contributed by atoms with Crippen molar-refractivity contribution in [1.82, 2.24) is 20.1 Å². The van der Waals surface area contributed by atoms with Crippen molar-refractivity contribution >= 4 is 29.2 Å². The number of anilines is 1. The van der Waals surface area contributed by atoms with E-state index in [1.807, 2.05) is 6.07 Å². The lowest BCUT2D eigenvalue weighted by molar-refractivity contribution is 0.0962. The molecule has 8 nitrogen and oxygen atoms in total. The molecule has 0 bridgehead atoms. The van der Waals surface area contributed by atoms with Crippen LogP contribution in [0, 0.1) is 0 Å². The number of hydrogen-bond donors (Lipinski definition) is 1. The van der Waals surface area contributed by atoms with Crippen molar-refractivity contribution in [2.75, 3.05) is 18.6 Å². The molecule has 0 atom stereocenters. The Hall–Kier alpha value is -3.39. The van der Waals surface area contributed by atoms with Gasteiger partial charge in [-0.1, -0.05) is 23.7 Å². The van der Waals surface area contributed by atoms with Gasteiger partial charge in [-0.15, -0.1) is 0 Å². The van der Waals surface area contributed by atoms with Gasteiger partial charge in [0.25, 0.3) is 5.91 Å². The Morgan fingerprint density at radius 3 is 2.71 bits per heavy atom. The SMILES string of the molecule is CCN(C(=O)NC(=O)c1ccccc1OC)c1cn(-c2cccnc2)nc1Cl. The van der Waals surface area contributed by atoms with Crippen molar-refractivity contribution < 1.29 is 14.3 Å². The van der Waals surface area contributed by atoms with Crippen LogP contribution in [0.15, 0.2) is 55.0 Å². The van der Waals surface area contributed by atoms with Gasteiger partial charge in [-0.2, -0.15) is 5.10 Å². The molecule has 0 aliphatic heterocycles. The third-order valence-corrected chi connectivity index (χ3v) is 4.26. The lowest BCUT2D eigenvalue weighted by atomic mass is 10.2. The molecule has 9 heteroatoms. The van der Waals surface area contributed by atoms with E-state index in [1.54, 1.807) is 55.8 Å². The van der Waals surface area contributed by atoms with E-state index < -0.39 is 11.9 Å². The number of aromatic nitrogens is 3. The third-order valence-electron chi connectivity index (χ3n) is 3.99. The average molecular weight is 400 g/mol. The predicted molar refractivity (Wildman–Crippen MR) is 105 cm³/mol. The van der Waals surface area contributed by atoms with E-state index in [9.17, 15) is 9.59 Å². The molecule has 3 aromatic rings. The maximum absolute atomic E-state index is 12.7. The minimum absolute atomic E-state index is 0.130. The highest BCUT2D eigenvalue weighted by Gasteiger charge is 2.23. The second-order valence-corrected chi connectivity index (χ2v) is 6.02. The van der Waals surface area contributed by atoms with E-state index in [1.165, 1.54) is 16.7 Å². The molecule has 0 aliphatic rings. The van der Waals surface area contributed by atoms with Gasteiger partial charge in [-0.05, 0) is 31.2 Å². The van der Waals surface area contributed by atoms with Gasteiger partial charge in [0.15, 0.2) is 5.15 Å². The Morgan fingerprint density at radius 2 is 2.04 bits per heavy atom. The normalized spacial score (nSPS) is 10.4. The quantitative estimate of drug-likeness (QED) is 0.711. The summed E-state index contributed by atoms with van der Waals surface area (Å²) in [7, 11) is 1.46. The molecular weight excluding hydrogens is 382 g/mol. The summed E-state index contributed by atoms with van der Waals surface area (Å²) in [6, 6.07) is 9.60. The predicted octanol–water partition coefficient (Wildman–Crippen LogP) is 3.31. The van der Waals surface area contributed by atoms with Crippen molar-refractivity contribution in [2.24, 2.45) is 0 Å². The number of amides is 3. The number of para-hydroxylation sites is 1. The molecule has 0 unspecified atom stereocenters. The van der Waals surface area contributed by atoms with Crippen LogP contribution in [0.3, 0.4) is 0 Å². The van der Waals surface area contributed by atoms with Crippen LogP contribution in [0.4, 0.5) is 10.5 Å². The highest BCUT2D eigenvalue weighted by atomic mass is 35.5. The molecular formula is C19H18ClN5O3. The first-order chi connectivity index (χ1) is 13.5. The number of carbonyl (C=O) groups is 2. The number of benzene rings is 1. The Labute approximate surface area is 166 Å². The van der Waals surface area contributed by atoms with Gasteiger partial charge in [-0.25, -0.2) is 9.48 Å². The molecule has 3 amide bonds. The lowest BCUT2D eigenvalue weighted by Gasteiger charge is -2.19. The summed E-state index contributed by atoms with van der Waals surface area (Å²) in [4.78, 5) is 30.6. The van der Waals surface area contributed by atoms with Crippen molar-refractivity contribution in [3.63, 3.8) is 0 Å². The van der Waals surface area contributed by atoms with Crippen molar-refractivity contribution in [1.29, 1.82) is 0 Å². The number of rotatable bonds is 5. The average Bonchev–Trinajstić information content (AvgIpc) is 3.10. The molecule has 2 heterocycles. The summed E-state index contributed by atoms with van der Waals surface area (Å²) in [5.74, 6) is -0.199. The summed E-state index contributed by atoms with van der Waals surface area (Å²) in [6.45, 7) is 2.05. The highest BCUT2D eigenvalue weighted by Crippen LogP contribution is 2.26. The van der Waals surface area contributed by atoms with E-state index in [4.69, 9.17) is 16.3 Å². The summed E-state index contributed by atoms with van der Waals surface area (Å²) in [5.41, 5.74) is 1.32. The molecule has 28 heavy (non-hydrogen) atoms. The number of halogens is 1. The van der Waals surface area contributed by atoms with E-state index >= 15 is 0 Å². The molecule has 0 aliphatic carbocycles. The Bertz CT molecular complexity index is 990. The Kier molecular flexibility index (Phi) is 5.90. The monoisotopic (exact) mass is 399 g/mol. The van der Waals surface area contributed by atoms with E-state index in [0.717, 1.165) is 0 Å². The fraction of sp³-hybridized carbons (Fsp3) is 0.158. The minimum Gasteiger partial charge on any atom is -0.496 e. The first kappa shape index (κ1) is 19.4. The molecule has 2 aromatic heterocycles. The number of imide groups is 1. The lowest BCUT2D eigenvalue weighted by Crippen LogP contribution is -2.43. The maximum Gasteiger partial charge on any atom is 0.328 e. The van der Waals surface area contributed by atoms with Crippen LogP contribution in [0.1, 0.15) is 17.3 Å². The second-order valence-electron chi connectivity index (χ2n) is 5.66. The minimum atomic E-state index is -0.619. The molecule has 3 rings (SSSR count). The number of pyridine rings is 1. The van der Waals surface area contributed by atoms with Gasteiger partial charge in [0.05, 0.1) is 30.8 Å². The number of hydrogen-bond acceptors (Lipinski definition) is 5. The summed E-state index contributed by atoms with van der Waals surface area (Å²) in [5, 5.41) is 6.70. The van der Waals surface area contributed by atoms with Crippen LogP contribution >= 0.6 is 11.6 Å². The fourth-order valence-electron chi connectivity index (χ4n) is 2.63. The summed E-state index contributed by atoms with van der Waals surface area (Å²) < 4.78 is 6.68. The number of urea groups is 1. The van der Waals surface area contributed by atoms with Crippen LogP contribution < -0.4 is 15.0 Å². The molecule has 0 saturated heterocycles. The molecule has 1 N–H and O–H groups in total. The molecule has 144 valence electrons. The largest absolute Gasteiger partial charge is 0.496 e. The molecule has 0 saturated carbocycles. The standard InChI is InChI=1S/C19H18ClN5O3/c1-3-24(15-12-25(23-17(15)20)13-7-6-10-21-11-13)19(27)22-18(26)14-8-4-5-9-16(14)28-2/h4-12H,3H2,1-2H3,(H,22,26,27). The summed E-state index contributed by atoms with van der Waals surface area (Å²) in [6.07, 6.45) is 4.87. The van der Waals surface area contributed by atoms with Gasteiger partial charge < -0.3 is 4.74 Å². The summed E-state index contributed by atoms with van der Waals surface area (Å²) >= 11 is 6.23. The van der Waals surface area contributed by atoms with Crippen LogP contribution in [0.5, 0.6) is 5.75 Å². The highest BCUT2D eigenvalue weighted by molar-refractivity contribution is 6.32. The van der Waals surface area contributed by atoms with Gasteiger partial charge in [0.1, 0.15) is 11.4 Å². The van der Waals surface area contributed by atoms with E-state index in [2.05, 4.69) is 15.4 Å². The maximum atomic E-state index is 12.7. The van der Waals surface area contributed by atoms with Crippen LogP contribution in [-0.4, -0.2) is 40.4 Å². The first-order valence-electron chi connectivity index (χ1n) is 8.46. The molecule has 0 fully saturated rings. The second kappa shape index (κ2) is 8.53. The van der Waals surface area contributed by atoms with Gasteiger partial charge in [0.2, 0.25) is 0 Å². The topological polar surface area (TPSA) is 89.4 Å². The van der Waals surface area contributed by atoms with Gasteiger partial charge in [0, 0.05) is 12.7 Å². The third kappa shape index (κ3) is 3.96.